The van der Waals surface area contributed by atoms with E-state index < -0.39 is 29.5 Å². The molecule has 0 unspecified atom stereocenters. The van der Waals surface area contributed by atoms with Crippen LogP contribution < -0.4 is 18.9 Å². The summed E-state index contributed by atoms with van der Waals surface area (Å²) >= 11 is 0. The third kappa shape index (κ3) is 6.05. The van der Waals surface area contributed by atoms with Gasteiger partial charge in [0.15, 0.2) is 41.0 Å². The first-order valence-electron chi connectivity index (χ1n) is 12.8. The molecule has 2 atom stereocenters. The van der Waals surface area contributed by atoms with Gasteiger partial charge in [0.25, 0.3) is 0 Å². The number of phenols is 3. The Kier molecular flexibility index (Phi) is 7.98. The van der Waals surface area contributed by atoms with Crippen LogP contribution in [0.15, 0.2) is 84.9 Å². The fourth-order valence-electron chi connectivity index (χ4n) is 4.49. The lowest BCUT2D eigenvalue weighted by Crippen LogP contribution is -2.36. The zero-order valence-corrected chi connectivity index (χ0v) is 22.1. The van der Waals surface area contributed by atoms with Crippen molar-refractivity contribution in [2.75, 3.05) is 13.7 Å². The molecule has 0 bridgehead atoms. The summed E-state index contributed by atoms with van der Waals surface area (Å²) in [6, 6.07) is 22.2. The number of ketones is 1. The summed E-state index contributed by atoms with van der Waals surface area (Å²) in [6.45, 7) is 0.0580. The van der Waals surface area contributed by atoms with Gasteiger partial charge in [-0.15, -0.1) is 0 Å². The zero-order valence-electron chi connectivity index (χ0n) is 22.1. The molecule has 0 fully saturated rings. The standard InChI is InChI=1S/C32H28O9/c1-38-28-14-21(9-12-26(28)39-18-20-5-3-2-4-6-20)32-30(17-33)40-29-13-19(8-11-27(29)41-32)7-10-23(35)31-24(36)15-22(34)16-25(31)37/h2-16,30,32-34,36-37H,17-18H2,1H3/b10-7+/t30-,32-/m1/s1. The van der Waals surface area contributed by atoms with Gasteiger partial charge < -0.3 is 39.4 Å². The molecule has 210 valence electrons. The lowest BCUT2D eigenvalue weighted by molar-refractivity contribution is -0.0124. The van der Waals surface area contributed by atoms with E-state index in [0.717, 1.165) is 23.3 Å². The van der Waals surface area contributed by atoms with Gasteiger partial charge in [-0.05, 0) is 41.5 Å². The van der Waals surface area contributed by atoms with E-state index in [2.05, 4.69) is 0 Å². The highest BCUT2D eigenvalue weighted by molar-refractivity contribution is 6.10. The number of carbonyl (C=O) groups is 1. The van der Waals surface area contributed by atoms with Crippen LogP contribution in [-0.4, -0.2) is 46.0 Å². The van der Waals surface area contributed by atoms with Gasteiger partial charge in [-0.2, -0.15) is 0 Å². The second-order valence-corrected chi connectivity index (χ2v) is 9.32. The average Bonchev–Trinajstić information content (AvgIpc) is 2.98. The number of ether oxygens (including phenoxy) is 4. The summed E-state index contributed by atoms with van der Waals surface area (Å²) in [5.41, 5.74) is 2.00. The molecule has 0 saturated carbocycles. The number of hydrogen-bond donors (Lipinski definition) is 4. The van der Waals surface area contributed by atoms with Crippen molar-refractivity contribution in [1.82, 2.24) is 0 Å². The van der Waals surface area contributed by atoms with E-state index in [1.54, 1.807) is 37.4 Å². The fourth-order valence-corrected chi connectivity index (χ4v) is 4.49. The Morgan fingerprint density at radius 2 is 1.63 bits per heavy atom. The van der Waals surface area contributed by atoms with Crippen LogP contribution in [0.4, 0.5) is 0 Å². The number of carbonyl (C=O) groups excluding carboxylic acids is 1. The Morgan fingerprint density at radius 3 is 2.34 bits per heavy atom. The zero-order chi connectivity index (χ0) is 28.9. The summed E-state index contributed by atoms with van der Waals surface area (Å²) < 4.78 is 23.8. The van der Waals surface area contributed by atoms with Crippen molar-refractivity contribution in [3.63, 3.8) is 0 Å². The Balaban J connectivity index is 1.32. The van der Waals surface area contributed by atoms with Crippen molar-refractivity contribution in [3.8, 4) is 40.2 Å². The van der Waals surface area contributed by atoms with Crippen LogP contribution in [0.3, 0.4) is 0 Å². The smallest absolute Gasteiger partial charge is 0.193 e. The lowest BCUT2D eigenvalue weighted by Gasteiger charge is -2.33. The van der Waals surface area contributed by atoms with Crippen LogP contribution in [0.25, 0.3) is 6.08 Å². The highest BCUT2D eigenvalue weighted by Gasteiger charge is 2.33. The van der Waals surface area contributed by atoms with Gasteiger partial charge in [0.05, 0.1) is 13.7 Å². The quantitative estimate of drug-likeness (QED) is 0.163. The molecule has 0 aromatic heterocycles. The molecule has 9 nitrogen and oxygen atoms in total. The number of phenolic OH excluding ortho intramolecular Hbond substituents is 3. The molecular formula is C32H28O9. The predicted molar refractivity (Wildman–Crippen MR) is 150 cm³/mol. The average molecular weight is 557 g/mol. The number of benzene rings is 4. The van der Waals surface area contributed by atoms with E-state index in [4.69, 9.17) is 18.9 Å². The molecule has 5 rings (SSSR count). The normalized spacial score (nSPS) is 16.0. The molecule has 0 radical (unpaired) electrons. The summed E-state index contributed by atoms with van der Waals surface area (Å²) in [4.78, 5) is 12.6. The topological polar surface area (TPSA) is 135 Å². The Bertz CT molecular complexity index is 1560. The Labute approximate surface area is 236 Å². The number of aromatic hydroxyl groups is 3. The summed E-state index contributed by atoms with van der Waals surface area (Å²) in [5.74, 6) is -0.200. The van der Waals surface area contributed by atoms with Crippen molar-refractivity contribution in [3.05, 3.63) is 107 Å². The molecular weight excluding hydrogens is 528 g/mol. The number of aliphatic hydroxyl groups excluding tert-OH is 1. The molecule has 4 aromatic rings. The van der Waals surface area contributed by atoms with Crippen molar-refractivity contribution >= 4 is 11.9 Å². The molecule has 0 spiro atoms. The van der Waals surface area contributed by atoms with Crippen molar-refractivity contribution in [2.24, 2.45) is 0 Å². The van der Waals surface area contributed by atoms with Crippen molar-refractivity contribution in [2.45, 2.75) is 18.8 Å². The minimum Gasteiger partial charge on any atom is -0.508 e. The minimum absolute atomic E-state index is 0.323. The fraction of sp³-hybridized carbons (Fsp3) is 0.156. The van der Waals surface area contributed by atoms with Gasteiger partial charge in [-0.3, -0.25) is 4.79 Å². The van der Waals surface area contributed by atoms with E-state index in [1.807, 2.05) is 36.4 Å². The van der Waals surface area contributed by atoms with Crippen LogP contribution >= 0.6 is 0 Å². The number of allylic oxidation sites excluding steroid dienone is 1. The first-order chi connectivity index (χ1) is 19.9. The second-order valence-electron chi connectivity index (χ2n) is 9.32. The maximum absolute atomic E-state index is 12.6. The van der Waals surface area contributed by atoms with Crippen LogP contribution in [0.5, 0.6) is 40.2 Å². The van der Waals surface area contributed by atoms with Gasteiger partial charge in [0.1, 0.15) is 29.4 Å². The van der Waals surface area contributed by atoms with Gasteiger partial charge >= 0.3 is 0 Å². The molecule has 41 heavy (non-hydrogen) atoms. The first-order valence-corrected chi connectivity index (χ1v) is 12.8. The van der Waals surface area contributed by atoms with Gasteiger partial charge in [0.2, 0.25) is 0 Å². The maximum atomic E-state index is 12.6. The highest BCUT2D eigenvalue weighted by Crippen LogP contribution is 2.42. The van der Waals surface area contributed by atoms with E-state index in [0.29, 0.717) is 35.2 Å². The van der Waals surface area contributed by atoms with Crippen LogP contribution in [-0.2, 0) is 6.61 Å². The number of aliphatic hydroxyl groups is 1. The lowest BCUT2D eigenvalue weighted by atomic mass is 10.0. The SMILES string of the molecule is COc1cc([C@H]2Oc3ccc(/C=C/C(=O)c4c(O)cc(O)cc4O)cc3O[C@@H]2CO)ccc1OCc1ccccc1. The Morgan fingerprint density at radius 1 is 0.878 bits per heavy atom. The number of rotatable bonds is 9. The first kappa shape index (κ1) is 27.4. The Hall–Kier alpha value is -5.15. The van der Waals surface area contributed by atoms with E-state index in [9.17, 15) is 25.2 Å². The third-order valence-electron chi connectivity index (χ3n) is 6.53. The number of hydrogen-bond acceptors (Lipinski definition) is 9. The monoisotopic (exact) mass is 556 g/mol. The molecule has 9 heteroatoms. The van der Waals surface area contributed by atoms with Gasteiger partial charge in [-0.1, -0.05) is 48.5 Å². The van der Waals surface area contributed by atoms with Gasteiger partial charge in [0, 0.05) is 17.7 Å². The molecule has 1 heterocycles. The van der Waals surface area contributed by atoms with Crippen molar-refractivity contribution in [1.29, 1.82) is 0 Å². The summed E-state index contributed by atoms with van der Waals surface area (Å²) in [5, 5.41) is 39.4. The molecule has 1 aliphatic heterocycles. The van der Waals surface area contributed by atoms with Crippen LogP contribution in [0, 0.1) is 0 Å². The van der Waals surface area contributed by atoms with E-state index in [-0.39, 0.29) is 17.9 Å². The third-order valence-corrected chi connectivity index (χ3v) is 6.53. The molecule has 0 aliphatic carbocycles. The minimum atomic E-state index is -0.727. The van der Waals surface area contributed by atoms with Crippen LogP contribution in [0.2, 0.25) is 0 Å². The second kappa shape index (κ2) is 11.9. The number of methoxy groups -OCH3 is 1. The molecule has 4 N–H and O–H groups in total. The van der Waals surface area contributed by atoms with Crippen molar-refractivity contribution < 1.29 is 44.2 Å². The summed E-state index contributed by atoms with van der Waals surface area (Å²) in [6.07, 6.45) is 1.30. The predicted octanol–water partition coefficient (Wildman–Crippen LogP) is 5.16. The molecule has 0 saturated heterocycles. The highest BCUT2D eigenvalue weighted by atomic mass is 16.6. The maximum Gasteiger partial charge on any atom is 0.193 e. The number of fused-ring (bicyclic) bond motifs is 1. The molecule has 1 aliphatic rings. The van der Waals surface area contributed by atoms with E-state index >= 15 is 0 Å². The molecule has 4 aromatic carbocycles. The van der Waals surface area contributed by atoms with Crippen LogP contribution in [0.1, 0.15) is 33.2 Å². The largest absolute Gasteiger partial charge is 0.508 e. The van der Waals surface area contributed by atoms with Gasteiger partial charge in [-0.25, -0.2) is 0 Å². The molecule has 0 amide bonds. The summed E-state index contributed by atoms with van der Waals surface area (Å²) in [7, 11) is 1.55. The van der Waals surface area contributed by atoms with E-state index in [1.165, 1.54) is 12.2 Å².